The Hall–Kier alpha value is 0.0900. The lowest BCUT2D eigenvalue weighted by atomic mass is 10.3. The van der Waals surface area contributed by atoms with Crippen LogP contribution in [0.25, 0.3) is 0 Å². The van der Waals surface area contributed by atoms with E-state index in [1.54, 1.807) is 0 Å². The van der Waals surface area contributed by atoms with Crippen LogP contribution in [0.3, 0.4) is 0 Å². The summed E-state index contributed by atoms with van der Waals surface area (Å²) in [5.41, 5.74) is 0. The molecule has 0 aliphatic heterocycles. The van der Waals surface area contributed by atoms with Crippen molar-refractivity contribution in [2.24, 2.45) is 0 Å². The van der Waals surface area contributed by atoms with E-state index >= 15 is 0 Å². The van der Waals surface area contributed by atoms with Crippen LogP contribution in [0.5, 0.6) is 0 Å². The summed E-state index contributed by atoms with van der Waals surface area (Å²) in [5.74, 6) is 1.01. The minimum atomic E-state index is 1.01. The summed E-state index contributed by atoms with van der Waals surface area (Å²) in [6.07, 6.45) is 7.98. The van der Waals surface area contributed by atoms with Crippen LogP contribution in [0.4, 0.5) is 0 Å². The van der Waals surface area contributed by atoms with Gasteiger partial charge in [0.1, 0.15) is 0 Å². The Morgan fingerprint density at radius 3 is 2.62 bits per heavy atom. The fraction of sp³-hybridized carbons (Fsp3) is 0.714. The Morgan fingerprint density at radius 1 is 1.38 bits per heavy atom. The molecule has 48 valence electrons. The van der Waals surface area contributed by atoms with Crippen LogP contribution in [0.15, 0.2) is 12.2 Å². The molecule has 0 unspecified atom stereocenters. The summed E-state index contributed by atoms with van der Waals surface area (Å²) < 4.78 is 0. The second-order valence-corrected chi connectivity index (χ2v) is 2.19. The first-order valence-corrected chi connectivity index (χ1v) is 3.81. The maximum absolute atomic E-state index is 4.09. The first-order valence-electron chi connectivity index (χ1n) is 3.17. The monoisotopic (exact) mass is 130 g/mol. The first-order chi connectivity index (χ1) is 3.91. The minimum Gasteiger partial charge on any atom is -0.179 e. The molecule has 1 heteroatoms. The van der Waals surface area contributed by atoms with Crippen LogP contribution in [0, 0.1) is 0 Å². The molecule has 0 spiro atoms. The van der Waals surface area contributed by atoms with E-state index in [0.29, 0.717) is 0 Å². The Balaban J connectivity index is 2.80. The van der Waals surface area contributed by atoms with Gasteiger partial charge in [-0.1, -0.05) is 19.1 Å². The predicted octanol–water partition coefficient (Wildman–Crippen LogP) is 2.66. The zero-order valence-electron chi connectivity index (χ0n) is 5.43. The van der Waals surface area contributed by atoms with Crippen molar-refractivity contribution in [2.75, 3.05) is 5.75 Å². The zero-order valence-corrected chi connectivity index (χ0v) is 6.32. The van der Waals surface area contributed by atoms with E-state index in [1.807, 2.05) is 0 Å². The van der Waals surface area contributed by atoms with Gasteiger partial charge in [-0.05, 0) is 25.0 Å². The van der Waals surface area contributed by atoms with Crippen molar-refractivity contribution in [1.29, 1.82) is 0 Å². The summed E-state index contributed by atoms with van der Waals surface area (Å²) >= 11 is 4.09. The SMILES string of the molecule is CC/C=C\CCCS. The third-order valence-electron chi connectivity index (χ3n) is 0.931. The van der Waals surface area contributed by atoms with Gasteiger partial charge in [0.25, 0.3) is 0 Å². The minimum absolute atomic E-state index is 1.01. The number of hydrogen-bond acceptors (Lipinski definition) is 1. The molecule has 8 heavy (non-hydrogen) atoms. The maximum atomic E-state index is 4.09. The van der Waals surface area contributed by atoms with Crippen LogP contribution in [0.1, 0.15) is 26.2 Å². The molecule has 0 heterocycles. The molecule has 0 fully saturated rings. The van der Waals surface area contributed by atoms with Crippen LogP contribution in [-0.4, -0.2) is 5.75 Å². The molecule has 0 radical (unpaired) electrons. The second kappa shape index (κ2) is 7.09. The van der Waals surface area contributed by atoms with Gasteiger partial charge in [-0.2, -0.15) is 12.6 Å². The zero-order chi connectivity index (χ0) is 6.24. The van der Waals surface area contributed by atoms with Gasteiger partial charge in [0, 0.05) is 0 Å². The van der Waals surface area contributed by atoms with Crippen molar-refractivity contribution in [3.05, 3.63) is 12.2 Å². The van der Waals surface area contributed by atoms with Gasteiger partial charge in [0.2, 0.25) is 0 Å². The lowest BCUT2D eigenvalue weighted by molar-refractivity contribution is 0.967. The second-order valence-electron chi connectivity index (χ2n) is 1.75. The highest BCUT2D eigenvalue weighted by Crippen LogP contribution is 1.93. The Kier molecular flexibility index (Phi) is 7.17. The Bertz CT molecular complexity index is 57.4. The Morgan fingerprint density at radius 2 is 2.12 bits per heavy atom. The number of rotatable bonds is 4. The van der Waals surface area contributed by atoms with Gasteiger partial charge in [-0.25, -0.2) is 0 Å². The summed E-state index contributed by atoms with van der Waals surface area (Å²) in [6.45, 7) is 2.15. The number of allylic oxidation sites excluding steroid dienone is 2. The highest BCUT2D eigenvalue weighted by molar-refractivity contribution is 7.80. The van der Waals surface area contributed by atoms with E-state index in [0.717, 1.165) is 12.2 Å². The predicted molar refractivity (Wildman–Crippen MR) is 42.5 cm³/mol. The molecular formula is C7H14S. The smallest absolute Gasteiger partial charge is 0.00950 e. The van der Waals surface area contributed by atoms with Gasteiger partial charge < -0.3 is 0 Å². The molecule has 0 aromatic carbocycles. The normalized spacial score (nSPS) is 10.8. The van der Waals surface area contributed by atoms with Crippen molar-refractivity contribution in [3.8, 4) is 0 Å². The lowest BCUT2D eigenvalue weighted by Crippen LogP contribution is -1.69. The third kappa shape index (κ3) is 6.09. The number of hydrogen-bond donors (Lipinski definition) is 1. The average Bonchev–Trinajstić information content (AvgIpc) is 1.81. The molecule has 0 amide bonds. The molecule has 0 aliphatic rings. The average molecular weight is 130 g/mol. The van der Waals surface area contributed by atoms with Gasteiger partial charge in [-0.3, -0.25) is 0 Å². The molecular weight excluding hydrogens is 116 g/mol. The maximum Gasteiger partial charge on any atom is -0.00950 e. The molecule has 0 rings (SSSR count). The van der Waals surface area contributed by atoms with Crippen LogP contribution in [0.2, 0.25) is 0 Å². The van der Waals surface area contributed by atoms with Gasteiger partial charge in [0.15, 0.2) is 0 Å². The van der Waals surface area contributed by atoms with E-state index in [4.69, 9.17) is 0 Å². The molecule has 0 aromatic rings. The molecule has 0 aliphatic carbocycles. The molecule has 0 saturated heterocycles. The van der Waals surface area contributed by atoms with Gasteiger partial charge >= 0.3 is 0 Å². The third-order valence-corrected chi connectivity index (χ3v) is 1.25. The standard InChI is InChI=1S/C7H14S/c1-2-3-4-5-6-7-8/h3-4,8H,2,5-7H2,1H3/b4-3-. The fourth-order valence-electron chi connectivity index (χ4n) is 0.494. The van der Waals surface area contributed by atoms with Crippen LogP contribution < -0.4 is 0 Å². The molecule has 0 nitrogen and oxygen atoms in total. The van der Waals surface area contributed by atoms with Gasteiger partial charge in [0.05, 0.1) is 0 Å². The molecule has 0 N–H and O–H groups in total. The lowest BCUT2D eigenvalue weighted by Gasteiger charge is -1.85. The number of thiol groups is 1. The highest BCUT2D eigenvalue weighted by Gasteiger charge is 1.75. The molecule has 0 aromatic heterocycles. The van der Waals surface area contributed by atoms with Gasteiger partial charge in [-0.15, -0.1) is 0 Å². The van der Waals surface area contributed by atoms with Crippen molar-refractivity contribution in [2.45, 2.75) is 26.2 Å². The van der Waals surface area contributed by atoms with Crippen LogP contribution >= 0.6 is 12.6 Å². The molecule has 0 bridgehead atoms. The van der Waals surface area contributed by atoms with E-state index in [-0.39, 0.29) is 0 Å². The van der Waals surface area contributed by atoms with Crippen LogP contribution in [-0.2, 0) is 0 Å². The van der Waals surface area contributed by atoms with Crippen molar-refractivity contribution in [1.82, 2.24) is 0 Å². The van der Waals surface area contributed by atoms with E-state index in [1.165, 1.54) is 12.8 Å². The summed E-state index contributed by atoms with van der Waals surface area (Å²) in [6, 6.07) is 0. The molecule has 0 atom stereocenters. The highest BCUT2D eigenvalue weighted by atomic mass is 32.1. The van der Waals surface area contributed by atoms with Crippen molar-refractivity contribution < 1.29 is 0 Å². The molecule has 0 saturated carbocycles. The largest absolute Gasteiger partial charge is 0.179 e. The van der Waals surface area contributed by atoms with E-state index in [9.17, 15) is 0 Å². The quantitative estimate of drug-likeness (QED) is 0.337. The number of unbranched alkanes of at least 4 members (excludes halogenated alkanes) is 1. The fourth-order valence-corrected chi connectivity index (χ4v) is 0.676. The topological polar surface area (TPSA) is 0 Å². The van der Waals surface area contributed by atoms with Crippen molar-refractivity contribution >= 4 is 12.6 Å². The summed E-state index contributed by atoms with van der Waals surface area (Å²) in [5, 5.41) is 0. The van der Waals surface area contributed by atoms with Crippen molar-refractivity contribution in [3.63, 3.8) is 0 Å². The van der Waals surface area contributed by atoms with E-state index in [2.05, 4.69) is 31.7 Å². The first kappa shape index (κ1) is 8.09. The summed E-state index contributed by atoms with van der Waals surface area (Å²) in [7, 11) is 0. The Labute approximate surface area is 57.4 Å². The van der Waals surface area contributed by atoms with E-state index < -0.39 is 0 Å². The summed E-state index contributed by atoms with van der Waals surface area (Å²) in [4.78, 5) is 0.